The molecule has 1 aliphatic carbocycles. The lowest BCUT2D eigenvalue weighted by Crippen LogP contribution is -2.46. The van der Waals surface area contributed by atoms with Gasteiger partial charge in [-0.15, -0.1) is 6.42 Å². The number of hydrogen-bond acceptors (Lipinski definition) is 2. The first-order chi connectivity index (χ1) is 9.47. The van der Waals surface area contributed by atoms with Crippen LogP contribution in [0.25, 0.3) is 0 Å². The van der Waals surface area contributed by atoms with Gasteiger partial charge in [-0.2, -0.15) is 0 Å². The molecule has 2 atom stereocenters. The van der Waals surface area contributed by atoms with Crippen LogP contribution in [0.2, 0.25) is 0 Å². The second kappa shape index (κ2) is 8.11. The highest BCUT2D eigenvalue weighted by Gasteiger charge is 2.32. The molecule has 0 spiro atoms. The predicted molar refractivity (Wildman–Crippen MR) is 84.2 cm³/mol. The van der Waals surface area contributed by atoms with Gasteiger partial charge in [-0.1, -0.05) is 32.3 Å². The molecule has 0 aromatic heterocycles. The van der Waals surface area contributed by atoms with E-state index in [2.05, 4.69) is 19.8 Å². The van der Waals surface area contributed by atoms with Crippen LogP contribution in [-0.2, 0) is 4.79 Å². The van der Waals surface area contributed by atoms with Crippen molar-refractivity contribution in [2.75, 3.05) is 27.2 Å². The molecule has 0 aliphatic heterocycles. The average Bonchev–Trinajstić information content (AvgIpc) is 2.38. The summed E-state index contributed by atoms with van der Waals surface area (Å²) < 4.78 is 0. The first kappa shape index (κ1) is 16.8. The van der Waals surface area contributed by atoms with Gasteiger partial charge in [0.15, 0.2) is 0 Å². The highest BCUT2D eigenvalue weighted by atomic mass is 16.2. The van der Waals surface area contributed by atoms with Gasteiger partial charge in [-0.05, 0) is 31.7 Å². The van der Waals surface area contributed by atoms with Crippen molar-refractivity contribution < 1.29 is 4.79 Å². The summed E-state index contributed by atoms with van der Waals surface area (Å²) in [6.45, 7) is 5.83. The average molecular weight is 276 g/mol. The third-order valence-electron chi connectivity index (χ3n) is 4.32. The Morgan fingerprint density at radius 2 is 1.90 bits per heavy atom. The van der Waals surface area contributed by atoms with Crippen LogP contribution in [-0.4, -0.2) is 48.9 Å². The van der Waals surface area contributed by atoms with Crippen molar-refractivity contribution in [2.24, 2.45) is 11.8 Å². The van der Waals surface area contributed by atoms with E-state index < -0.39 is 0 Å². The second-order valence-corrected chi connectivity index (χ2v) is 6.13. The minimum absolute atomic E-state index is 0.102. The Labute approximate surface area is 124 Å². The molecule has 112 valence electrons. The van der Waals surface area contributed by atoms with E-state index in [-0.39, 0.29) is 5.91 Å². The summed E-state index contributed by atoms with van der Waals surface area (Å²) in [4.78, 5) is 16.2. The van der Waals surface area contributed by atoms with E-state index >= 15 is 0 Å². The Morgan fingerprint density at radius 1 is 1.30 bits per heavy atom. The molecule has 0 aromatic rings. The lowest BCUT2D eigenvalue weighted by Gasteiger charge is -2.40. The van der Waals surface area contributed by atoms with Gasteiger partial charge in [0, 0.05) is 25.7 Å². The highest BCUT2D eigenvalue weighted by molar-refractivity contribution is 5.87. The SMILES string of the molecule is C#CCN(C)C/C=C/C(=O)N(C)C1C(C)CCCC1C. The standard InChI is InChI=1S/C17H28N2O/c1-6-12-18(4)13-8-11-16(20)19(5)17-14(2)9-7-10-15(17)3/h1,8,11,14-15,17H,7,9-10,12-13H2,2-5H3/b11-8+. The number of likely N-dealkylation sites (N-methyl/N-ethyl adjacent to an activating group) is 2. The molecule has 0 radical (unpaired) electrons. The van der Waals surface area contributed by atoms with Crippen molar-refractivity contribution >= 4 is 5.91 Å². The Hall–Kier alpha value is -1.27. The molecule has 2 unspecified atom stereocenters. The zero-order valence-corrected chi connectivity index (χ0v) is 13.3. The first-order valence-electron chi connectivity index (χ1n) is 7.52. The zero-order valence-electron chi connectivity index (χ0n) is 13.3. The number of carbonyl (C=O) groups is 1. The molecule has 1 fully saturated rings. The normalized spacial score (nSPS) is 26.7. The Bertz CT molecular complexity index is 373. The summed E-state index contributed by atoms with van der Waals surface area (Å²) in [5.74, 6) is 3.87. The van der Waals surface area contributed by atoms with E-state index in [4.69, 9.17) is 6.42 Å². The monoisotopic (exact) mass is 276 g/mol. The predicted octanol–water partition coefficient (Wildman–Crippen LogP) is 2.39. The van der Waals surface area contributed by atoms with Crippen molar-refractivity contribution in [3.63, 3.8) is 0 Å². The molecule has 3 heteroatoms. The summed E-state index contributed by atoms with van der Waals surface area (Å²) in [5, 5.41) is 0. The van der Waals surface area contributed by atoms with Gasteiger partial charge < -0.3 is 4.90 Å². The summed E-state index contributed by atoms with van der Waals surface area (Å²) >= 11 is 0. The minimum Gasteiger partial charge on any atom is -0.339 e. The maximum Gasteiger partial charge on any atom is 0.246 e. The molecule has 20 heavy (non-hydrogen) atoms. The fourth-order valence-electron chi connectivity index (χ4n) is 3.25. The topological polar surface area (TPSA) is 23.6 Å². The molecule has 1 amide bonds. The van der Waals surface area contributed by atoms with Crippen LogP contribution in [0.15, 0.2) is 12.2 Å². The summed E-state index contributed by atoms with van der Waals surface area (Å²) in [6.07, 6.45) is 12.6. The molecule has 1 aliphatic rings. The molecule has 1 rings (SSSR count). The largest absolute Gasteiger partial charge is 0.339 e. The van der Waals surface area contributed by atoms with E-state index in [0.29, 0.717) is 31.0 Å². The first-order valence-corrected chi connectivity index (χ1v) is 7.52. The van der Waals surface area contributed by atoms with Crippen LogP contribution in [0.3, 0.4) is 0 Å². The van der Waals surface area contributed by atoms with Gasteiger partial charge in [0.25, 0.3) is 0 Å². The number of amides is 1. The van der Waals surface area contributed by atoms with Crippen LogP contribution in [0.5, 0.6) is 0 Å². The number of carbonyl (C=O) groups excluding carboxylic acids is 1. The van der Waals surface area contributed by atoms with Gasteiger partial charge >= 0.3 is 0 Å². The Kier molecular flexibility index (Phi) is 6.81. The zero-order chi connectivity index (χ0) is 15.1. The van der Waals surface area contributed by atoms with Crippen molar-refractivity contribution in [2.45, 2.75) is 39.2 Å². The van der Waals surface area contributed by atoms with Crippen LogP contribution in [0.4, 0.5) is 0 Å². The number of rotatable bonds is 5. The van der Waals surface area contributed by atoms with Gasteiger partial charge in [0.05, 0.1) is 6.54 Å². The maximum atomic E-state index is 12.3. The van der Waals surface area contributed by atoms with Crippen molar-refractivity contribution in [3.05, 3.63) is 12.2 Å². The molecule has 0 N–H and O–H groups in total. The van der Waals surface area contributed by atoms with Gasteiger partial charge in [0.2, 0.25) is 5.91 Å². The Morgan fingerprint density at radius 3 is 2.45 bits per heavy atom. The van der Waals surface area contributed by atoms with E-state index in [1.165, 1.54) is 19.3 Å². The lowest BCUT2D eigenvalue weighted by molar-refractivity contribution is -0.129. The van der Waals surface area contributed by atoms with Crippen LogP contribution >= 0.6 is 0 Å². The summed E-state index contributed by atoms with van der Waals surface area (Å²) in [6, 6.07) is 0.365. The molecule has 0 heterocycles. The van der Waals surface area contributed by atoms with Gasteiger partial charge in [-0.25, -0.2) is 0 Å². The van der Waals surface area contributed by atoms with Crippen molar-refractivity contribution in [1.82, 2.24) is 9.80 Å². The molecule has 0 saturated heterocycles. The second-order valence-electron chi connectivity index (χ2n) is 6.13. The van der Waals surface area contributed by atoms with Crippen molar-refractivity contribution in [1.29, 1.82) is 0 Å². The summed E-state index contributed by atoms with van der Waals surface area (Å²) in [5.41, 5.74) is 0. The fourth-order valence-corrected chi connectivity index (χ4v) is 3.25. The molecular weight excluding hydrogens is 248 g/mol. The van der Waals surface area contributed by atoms with E-state index in [0.717, 1.165) is 0 Å². The maximum absolute atomic E-state index is 12.3. The number of terminal acetylenes is 1. The smallest absolute Gasteiger partial charge is 0.246 e. The minimum atomic E-state index is 0.102. The highest BCUT2D eigenvalue weighted by Crippen LogP contribution is 2.32. The van der Waals surface area contributed by atoms with Gasteiger partial charge in [-0.3, -0.25) is 9.69 Å². The molecule has 3 nitrogen and oxygen atoms in total. The molecule has 0 bridgehead atoms. The van der Waals surface area contributed by atoms with E-state index in [1.807, 2.05) is 30.0 Å². The van der Waals surface area contributed by atoms with Gasteiger partial charge in [0.1, 0.15) is 0 Å². The quantitative estimate of drug-likeness (QED) is 0.568. The Balaban J connectivity index is 2.53. The van der Waals surface area contributed by atoms with E-state index in [9.17, 15) is 4.79 Å². The molecular formula is C17H28N2O. The third-order valence-corrected chi connectivity index (χ3v) is 4.32. The number of nitrogens with zero attached hydrogens (tertiary/aromatic N) is 2. The lowest BCUT2D eigenvalue weighted by atomic mass is 9.78. The molecule has 1 saturated carbocycles. The molecule has 0 aromatic carbocycles. The fraction of sp³-hybridized carbons (Fsp3) is 0.706. The number of hydrogen-bond donors (Lipinski definition) is 0. The van der Waals surface area contributed by atoms with E-state index in [1.54, 1.807) is 6.08 Å². The van der Waals surface area contributed by atoms with Crippen LogP contribution < -0.4 is 0 Å². The third kappa shape index (κ3) is 4.68. The van der Waals surface area contributed by atoms with Crippen LogP contribution in [0.1, 0.15) is 33.1 Å². The van der Waals surface area contributed by atoms with Crippen LogP contribution in [0, 0.1) is 24.2 Å². The summed E-state index contributed by atoms with van der Waals surface area (Å²) in [7, 11) is 3.88. The van der Waals surface area contributed by atoms with Crippen molar-refractivity contribution in [3.8, 4) is 12.3 Å².